The lowest BCUT2D eigenvalue weighted by Gasteiger charge is -2.10. The zero-order valence-electron chi connectivity index (χ0n) is 9.95. The number of rotatable bonds is 5. The van der Waals surface area contributed by atoms with Crippen LogP contribution in [0.5, 0.6) is 0 Å². The fourth-order valence-electron chi connectivity index (χ4n) is 1.73. The maximum atomic E-state index is 11.5. The van der Waals surface area contributed by atoms with Crippen LogP contribution in [0.25, 0.3) is 0 Å². The highest BCUT2D eigenvalue weighted by molar-refractivity contribution is 5.84. The van der Waals surface area contributed by atoms with E-state index in [0.717, 1.165) is 12.8 Å². The molecule has 0 fully saturated rings. The first kappa shape index (κ1) is 12.7. The molecule has 0 aromatic carbocycles. The maximum Gasteiger partial charge on any atom is 0.239 e. The minimum atomic E-state index is -0.134. The third-order valence-electron chi connectivity index (χ3n) is 2.46. The number of hydrogen-bond acceptors (Lipinski definition) is 2. The van der Waals surface area contributed by atoms with E-state index in [9.17, 15) is 9.59 Å². The van der Waals surface area contributed by atoms with Gasteiger partial charge >= 0.3 is 0 Å². The van der Waals surface area contributed by atoms with Gasteiger partial charge in [-0.2, -0.15) is 0 Å². The van der Waals surface area contributed by atoms with Crippen LogP contribution in [0.3, 0.4) is 0 Å². The number of hydrogen-bond donors (Lipinski definition) is 2. The highest BCUT2D eigenvalue weighted by Gasteiger charge is 2.14. The molecule has 0 radical (unpaired) electrons. The molecule has 0 heterocycles. The molecular weight excluding hydrogens is 204 g/mol. The van der Waals surface area contributed by atoms with Gasteiger partial charge in [0.05, 0.1) is 6.54 Å². The Morgan fingerprint density at radius 3 is 2.69 bits per heavy atom. The Balaban J connectivity index is 2.14. The molecule has 0 saturated heterocycles. The van der Waals surface area contributed by atoms with Crippen molar-refractivity contribution in [2.75, 3.05) is 6.54 Å². The smallest absolute Gasteiger partial charge is 0.239 e. The van der Waals surface area contributed by atoms with Crippen LogP contribution in [0.4, 0.5) is 0 Å². The maximum absolute atomic E-state index is 11.5. The van der Waals surface area contributed by atoms with Gasteiger partial charge < -0.3 is 10.6 Å². The summed E-state index contributed by atoms with van der Waals surface area (Å²) in [4.78, 5) is 22.7. The molecule has 2 amide bonds. The molecule has 0 spiro atoms. The van der Waals surface area contributed by atoms with Gasteiger partial charge in [0.25, 0.3) is 0 Å². The van der Waals surface area contributed by atoms with Crippen LogP contribution in [-0.2, 0) is 9.59 Å². The summed E-state index contributed by atoms with van der Waals surface area (Å²) in [5.41, 5.74) is 0. The van der Waals surface area contributed by atoms with Crippen LogP contribution < -0.4 is 10.6 Å². The second-order valence-electron chi connectivity index (χ2n) is 4.47. The molecule has 0 aromatic rings. The van der Waals surface area contributed by atoms with Crippen LogP contribution in [0.2, 0.25) is 0 Å². The van der Waals surface area contributed by atoms with Crippen LogP contribution >= 0.6 is 0 Å². The molecule has 1 aliphatic rings. The van der Waals surface area contributed by atoms with Crippen molar-refractivity contribution in [3.63, 3.8) is 0 Å². The minimum Gasteiger partial charge on any atom is -0.352 e. The minimum absolute atomic E-state index is 0.0459. The van der Waals surface area contributed by atoms with E-state index in [1.165, 1.54) is 0 Å². The van der Waals surface area contributed by atoms with Gasteiger partial charge in [-0.05, 0) is 32.6 Å². The van der Waals surface area contributed by atoms with Gasteiger partial charge in [0.2, 0.25) is 11.8 Å². The normalized spacial score (nSPS) is 18.8. The quantitative estimate of drug-likeness (QED) is 0.684. The van der Waals surface area contributed by atoms with E-state index in [4.69, 9.17) is 0 Å². The average Bonchev–Trinajstić information content (AvgIpc) is 2.66. The first-order valence-electron chi connectivity index (χ1n) is 5.80. The number of carbonyl (C=O) groups excluding carboxylic acids is 2. The van der Waals surface area contributed by atoms with Gasteiger partial charge in [0.15, 0.2) is 0 Å². The van der Waals surface area contributed by atoms with E-state index in [1.807, 2.05) is 13.8 Å². The molecule has 2 N–H and O–H groups in total. The van der Waals surface area contributed by atoms with Crippen molar-refractivity contribution < 1.29 is 9.59 Å². The van der Waals surface area contributed by atoms with E-state index in [2.05, 4.69) is 22.8 Å². The van der Waals surface area contributed by atoms with Gasteiger partial charge in [0.1, 0.15) is 0 Å². The van der Waals surface area contributed by atoms with Crippen LogP contribution in [0, 0.1) is 5.92 Å². The Morgan fingerprint density at radius 1 is 1.38 bits per heavy atom. The highest BCUT2D eigenvalue weighted by atomic mass is 16.2. The molecule has 0 saturated carbocycles. The summed E-state index contributed by atoms with van der Waals surface area (Å²) in [5.74, 6) is 0.175. The number of nitrogens with one attached hydrogen (secondary N) is 2. The molecule has 0 aliphatic heterocycles. The summed E-state index contributed by atoms with van der Waals surface area (Å²) in [6.07, 6.45) is 6.78. The standard InChI is InChI=1S/C12H20N2O2/c1-9(2)14-12(16)8-13-11(15)7-10-5-3-4-6-10/h3,5,9-10H,4,6-8H2,1-2H3,(H,13,15)(H,14,16). The van der Waals surface area contributed by atoms with Crippen LogP contribution in [0.1, 0.15) is 33.1 Å². The van der Waals surface area contributed by atoms with E-state index in [-0.39, 0.29) is 24.4 Å². The van der Waals surface area contributed by atoms with Crippen molar-refractivity contribution in [3.05, 3.63) is 12.2 Å². The van der Waals surface area contributed by atoms with Crippen molar-refractivity contribution in [2.45, 2.75) is 39.2 Å². The summed E-state index contributed by atoms with van der Waals surface area (Å²) in [5, 5.41) is 5.35. The van der Waals surface area contributed by atoms with E-state index >= 15 is 0 Å². The fourth-order valence-corrected chi connectivity index (χ4v) is 1.73. The van der Waals surface area contributed by atoms with Gasteiger partial charge in [-0.15, -0.1) is 0 Å². The largest absolute Gasteiger partial charge is 0.352 e. The van der Waals surface area contributed by atoms with E-state index in [1.54, 1.807) is 0 Å². The summed E-state index contributed by atoms with van der Waals surface area (Å²) in [6, 6.07) is 0.113. The predicted molar refractivity (Wildman–Crippen MR) is 62.8 cm³/mol. The first-order valence-corrected chi connectivity index (χ1v) is 5.80. The molecule has 4 nitrogen and oxygen atoms in total. The highest BCUT2D eigenvalue weighted by Crippen LogP contribution is 2.19. The van der Waals surface area contributed by atoms with E-state index in [0.29, 0.717) is 12.3 Å². The first-order chi connectivity index (χ1) is 7.58. The summed E-state index contributed by atoms with van der Waals surface area (Å²) < 4.78 is 0. The van der Waals surface area contributed by atoms with Crippen molar-refractivity contribution in [3.8, 4) is 0 Å². The third-order valence-corrected chi connectivity index (χ3v) is 2.46. The lowest BCUT2D eigenvalue weighted by molar-refractivity contribution is -0.126. The van der Waals surface area contributed by atoms with Crippen molar-refractivity contribution >= 4 is 11.8 Å². The lowest BCUT2D eigenvalue weighted by Crippen LogP contribution is -2.40. The summed E-state index contributed by atoms with van der Waals surface area (Å²) in [6.45, 7) is 3.86. The number of carbonyl (C=O) groups is 2. The van der Waals surface area contributed by atoms with Gasteiger partial charge in [-0.3, -0.25) is 9.59 Å². The Morgan fingerprint density at radius 2 is 2.12 bits per heavy atom. The average molecular weight is 224 g/mol. The zero-order chi connectivity index (χ0) is 12.0. The molecule has 0 bridgehead atoms. The lowest BCUT2D eigenvalue weighted by atomic mass is 10.1. The molecular formula is C12H20N2O2. The second-order valence-corrected chi connectivity index (χ2v) is 4.47. The Kier molecular flexibility index (Phi) is 5.02. The number of allylic oxidation sites excluding steroid dienone is 2. The molecule has 1 aliphatic carbocycles. The molecule has 1 atom stereocenters. The van der Waals surface area contributed by atoms with Gasteiger partial charge in [-0.1, -0.05) is 12.2 Å². The summed E-state index contributed by atoms with van der Waals surface area (Å²) >= 11 is 0. The Hall–Kier alpha value is -1.32. The molecule has 4 heteroatoms. The van der Waals surface area contributed by atoms with Crippen molar-refractivity contribution in [2.24, 2.45) is 5.92 Å². The van der Waals surface area contributed by atoms with Crippen molar-refractivity contribution in [1.82, 2.24) is 10.6 Å². The number of amides is 2. The molecule has 1 unspecified atom stereocenters. The van der Waals surface area contributed by atoms with E-state index < -0.39 is 0 Å². The van der Waals surface area contributed by atoms with Crippen LogP contribution in [-0.4, -0.2) is 24.4 Å². The van der Waals surface area contributed by atoms with Gasteiger partial charge in [0, 0.05) is 12.5 Å². The molecule has 1 rings (SSSR count). The second kappa shape index (κ2) is 6.30. The third kappa shape index (κ3) is 4.96. The van der Waals surface area contributed by atoms with Gasteiger partial charge in [-0.25, -0.2) is 0 Å². The van der Waals surface area contributed by atoms with Crippen LogP contribution in [0.15, 0.2) is 12.2 Å². The Bertz CT molecular complexity index is 285. The topological polar surface area (TPSA) is 58.2 Å². The zero-order valence-corrected chi connectivity index (χ0v) is 9.95. The summed E-state index contributed by atoms with van der Waals surface area (Å²) in [7, 11) is 0. The molecule has 0 aromatic heterocycles. The fraction of sp³-hybridized carbons (Fsp3) is 0.667. The monoisotopic (exact) mass is 224 g/mol. The molecule has 90 valence electrons. The molecule has 16 heavy (non-hydrogen) atoms. The van der Waals surface area contributed by atoms with Crippen molar-refractivity contribution in [1.29, 1.82) is 0 Å². The SMILES string of the molecule is CC(C)NC(=O)CNC(=O)CC1C=CCC1. The predicted octanol–water partition coefficient (Wildman–Crippen LogP) is 0.983. The Labute approximate surface area is 96.5 Å².